The number of H-pyrrole nitrogens is 1. The number of hydrogen-bond acceptors (Lipinski definition) is 6. The van der Waals surface area contributed by atoms with Gasteiger partial charge in [-0.05, 0) is 14.8 Å². The zero-order valence-corrected chi connectivity index (χ0v) is 8.68. The van der Waals surface area contributed by atoms with Crippen LogP contribution in [0.2, 0.25) is 0 Å². The third-order valence-electron chi connectivity index (χ3n) is 1.56. The first-order valence-electron chi connectivity index (χ1n) is 4.26. The lowest BCUT2D eigenvalue weighted by Gasteiger charge is -1.83. The maximum absolute atomic E-state index is 9.94. The first-order valence-corrected chi connectivity index (χ1v) is 4.26. The van der Waals surface area contributed by atoms with Crippen molar-refractivity contribution in [3.63, 3.8) is 0 Å². The molecule has 10 nitrogen and oxygen atoms in total. The Labute approximate surface area is 94.2 Å². The molecule has 0 aromatic carbocycles. The van der Waals surface area contributed by atoms with Gasteiger partial charge in [-0.2, -0.15) is 0 Å². The monoisotopic (exact) mass is 240 g/mol. The SMILES string of the molecule is Cn1cnc([N+](=O)[O-])c1.O=[N+]([O-])c1cnc[nH]1. The smallest absolute Gasteiger partial charge is 0.358 e. The molecular formula is C7H8N6O4. The average molecular weight is 240 g/mol. The molecular weight excluding hydrogens is 232 g/mol. The summed E-state index contributed by atoms with van der Waals surface area (Å²) in [6.45, 7) is 0. The van der Waals surface area contributed by atoms with E-state index in [0.717, 1.165) is 6.20 Å². The molecule has 0 aliphatic heterocycles. The number of aryl methyl sites for hydroxylation is 1. The molecule has 0 spiro atoms. The molecule has 1 N–H and O–H groups in total. The summed E-state index contributed by atoms with van der Waals surface area (Å²) >= 11 is 0. The fourth-order valence-corrected chi connectivity index (χ4v) is 0.842. The maximum Gasteiger partial charge on any atom is 0.381 e. The molecule has 0 radical (unpaired) electrons. The lowest BCUT2D eigenvalue weighted by molar-refractivity contribution is -0.389. The molecule has 0 aliphatic rings. The summed E-state index contributed by atoms with van der Waals surface area (Å²) in [7, 11) is 1.68. The minimum Gasteiger partial charge on any atom is -0.358 e. The zero-order chi connectivity index (χ0) is 12.8. The lowest BCUT2D eigenvalue weighted by Crippen LogP contribution is -1.86. The molecule has 0 bridgehead atoms. The van der Waals surface area contributed by atoms with Crippen LogP contribution in [0.1, 0.15) is 0 Å². The van der Waals surface area contributed by atoms with Crippen LogP contribution in [0.15, 0.2) is 25.0 Å². The van der Waals surface area contributed by atoms with E-state index in [-0.39, 0.29) is 11.6 Å². The maximum atomic E-state index is 9.94. The first kappa shape index (κ1) is 12.3. The molecule has 0 saturated heterocycles. The van der Waals surface area contributed by atoms with Gasteiger partial charge in [0.25, 0.3) is 0 Å². The van der Waals surface area contributed by atoms with E-state index < -0.39 is 9.85 Å². The predicted octanol–water partition coefficient (Wildman–Crippen LogP) is 0.646. The zero-order valence-electron chi connectivity index (χ0n) is 8.68. The summed E-state index contributed by atoms with van der Waals surface area (Å²) in [5, 5.41) is 19.7. The molecule has 0 aliphatic carbocycles. The molecule has 90 valence electrons. The van der Waals surface area contributed by atoms with Crippen LogP contribution in [0.25, 0.3) is 0 Å². The lowest BCUT2D eigenvalue weighted by atomic mass is 10.8. The van der Waals surface area contributed by atoms with E-state index in [0.29, 0.717) is 0 Å². The summed E-state index contributed by atoms with van der Waals surface area (Å²) in [4.78, 5) is 27.9. The van der Waals surface area contributed by atoms with E-state index in [1.54, 1.807) is 7.05 Å². The van der Waals surface area contributed by atoms with E-state index in [1.165, 1.54) is 23.4 Å². The van der Waals surface area contributed by atoms with Crippen molar-refractivity contribution in [2.75, 3.05) is 0 Å². The number of aromatic nitrogens is 4. The van der Waals surface area contributed by atoms with Crippen molar-refractivity contribution >= 4 is 11.6 Å². The Balaban J connectivity index is 0.000000171. The normalized spacial score (nSPS) is 9.24. The molecule has 17 heavy (non-hydrogen) atoms. The third kappa shape index (κ3) is 3.70. The molecule has 2 rings (SSSR count). The molecule has 10 heteroatoms. The Hall–Kier alpha value is -2.78. The number of aromatic amines is 1. The first-order chi connectivity index (χ1) is 8.00. The van der Waals surface area contributed by atoms with Crippen molar-refractivity contribution in [3.8, 4) is 0 Å². The van der Waals surface area contributed by atoms with Crippen molar-refractivity contribution in [2.24, 2.45) is 7.05 Å². The minimum absolute atomic E-state index is 0.0787. The number of hydrogen-bond donors (Lipinski definition) is 1. The standard InChI is InChI=1S/C4H5N3O2.C3H3N3O2/c1-6-2-4(5-3-6)7(8)9;7-6(8)3-1-4-2-5-3/h2-3H,1H3;1-2H,(H,4,5). The predicted molar refractivity (Wildman–Crippen MR) is 55.1 cm³/mol. The topological polar surface area (TPSA) is 133 Å². The van der Waals surface area contributed by atoms with Crippen LogP contribution in [0.5, 0.6) is 0 Å². The molecule has 0 unspecified atom stereocenters. The van der Waals surface area contributed by atoms with E-state index in [9.17, 15) is 20.2 Å². The van der Waals surface area contributed by atoms with Crippen LogP contribution in [0.4, 0.5) is 11.6 Å². The Kier molecular flexibility index (Phi) is 3.86. The number of nitrogens with one attached hydrogen (secondary N) is 1. The molecule has 0 fully saturated rings. The van der Waals surface area contributed by atoms with E-state index in [2.05, 4.69) is 15.0 Å². The van der Waals surface area contributed by atoms with Gasteiger partial charge in [0.05, 0.1) is 0 Å². The fourth-order valence-electron chi connectivity index (χ4n) is 0.842. The Morgan fingerprint density at radius 1 is 1.35 bits per heavy atom. The highest BCUT2D eigenvalue weighted by molar-refractivity contribution is 5.11. The average Bonchev–Trinajstić information content (AvgIpc) is 2.87. The van der Waals surface area contributed by atoms with Gasteiger partial charge in [0.1, 0.15) is 12.4 Å². The van der Waals surface area contributed by atoms with Crippen molar-refractivity contribution in [2.45, 2.75) is 0 Å². The second kappa shape index (κ2) is 5.34. The van der Waals surface area contributed by atoms with Gasteiger partial charge in [-0.25, -0.2) is 9.97 Å². The van der Waals surface area contributed by atoms with Gasteiger partial charge in [-0.1, -0.05) is 0 Å². The highest BCUT2D eigenvalue weighted by Gasteiger charge is 2.05. The molecule has 2 heterocycles. The Bertz CT molecular complexity index is 504. The van der Waals surface area contributed by atoms with E-state index in [4.69, 9.17) is 0 Å². The number of rotatable bonds is 2. The van der Waals surface area contributed by atoms with Crippen LogP contribution >= 0.6 is 0 Å². The van der Waals surface area contributed by atoms with Gasteiger partial charge in [-0.3, -0.25) is 0 Å². The summed E-state index contributed by atoms with van der Waals surface area (Å²) in [5.74, 6) is -0.192. The van der Waals surface area contributed by atoms with Gasteiger partial charge < -0.3 is 24.8 Å². The van der Waals surface area contributed by atoms with Crippen LogP contribution in [0, 0.1) is 20.2 Å². The van der Waals surface area contributed by atoms with Crippen molar-refractivity contribution in [3.05, 3.63) is 45.3 Å². The fraction of sp³-hybridized carbons (Fsp3) is 0.143. The number of imidazole rings is 2. The van der Waals surface area contributed by atoms with Gasteiger partial charge in [0, 0.05) is 7.05 Å². The van der Waals surface area contributed by atoms with Gasteiger partial charge in [0.15, 0.2) is 6.33 Å². The largest absolute Gasteiger partial charge is 0.381 e. The van der Waals surface area contributed by atoms with Crippen molar-refractivity contribution in [1.82, 2.24) is 19.5 Å². The van der Waals surface area contributed by atoms with E-state index in [1.807, 2.05) is 0 Å². The summed E-state index contributed by atoms with van der Waals surface area (Å²) in [6, 6.07) is 0. The highest BCUT2D eigenvalue weighted by atomic mass is 16.6. The minimum atomic E-state index is -0.535. The second-order valence-corrected chi connectivity index (χ2v) is 2.85. The molecule has 0 saturated carbocycles. The molecule has 2 aromatic heterocycles. The van der Waals surface area contributed by atoms with Crippen LogP contribution in [-0.4, -0.2) is 29.4 Å². The quantitative estimate of drug-likeness (QED) is 0.605. The van der Waals surface area contributed by atoms with Gasteiger partial charge >= 0.3 is 11.6 Å². The van der Waals surface area contributed by atoms with Crippen molar-refractivity contribution in [1.29, 1.82) is 0 Å². The molecule has 0 amide bonds. The Morgan fingerprint density at radius 3 is 2.29 bits per heavy atom. The van der Waals surface area contributed by atoms with Crippen molar-refractivity contribution < 1.29 is 9.85 Å². The summed E-state index contributed by atoms with van der Waals surface area (Å²) in [5.41, 5.74) is 0. The van der Waals surface area contributed by atoms with Crippen LogP contribution < -0.4 is 0 Å². The highest BCUT2D eigenvalue weighted by Crippen LogP contribution is 2.02. The van der Waals surface area contributed by atoms with Gasteiger partial charge in [-0.15, -0.1) is 0 Å². The van der Waals surface area contributed by atoms with E-state index >= 15 is 0 Å². The summed E-state index contributed by atoms with van der Waals surface area (Å²) < 4.78 is 1.53. The Morgan fingerprint density at radius 2 is 2.06 bits per heavy atom. The second-order valence-electron chi connectivity index (χ2n) is 2.85. The summed E-state index contributed by atoms with van der Waals surface area (Å²) in [6.07, 6.45) is 5.15. The van der Waals surface area contributed by atoms with Crippen LogP contribution in [-0.2, 0) is 7.05 Å². The van der Waals surface area contributed by atoms with Crippen LogP contribution in [0.3, 0.4) is 0 Å². The number of nitrogens with zero attached hydrogens (tertiary/aromatic N) is 5. The van der Waals surface area contributed by atoms with Gasteiger partial charge in [0.2, 0.25) is 6.33 Å². The molecule has 0 atom stereocenters. The number of nitro groups is 2. The third-order valence-corrected chi connectivity index (χ3v) is 1.56. The molecule has 2 aromatic rings.